The van der Waals surface area contributed by atoms with Gasteiger partial charge < -0.3 is 10.4 Å². The Hall–Kier alpha value is -0.660. The standard InChI is InChI=1S/C8H13F2NO/c1-2-3-4-5-11-6-8(9,10)7-12/h11-12H,4-7H2,1H3. The van der Waals surface area contributed by atoms with Gasteiger partial charge in [-0.1, -0.05) is 0 Å². The summed E-state index contributed by atoms with van der Waals surface area (Å²) >= 11 is 0. The zero-order valence-electron chi connectivity index (χ0n) is 7.03. The molecule has 2 nitrogen and oxygen atoms in total. The monoisotopic (exact) mass is 177 g/mol. The van der Waals surface area contributed by atoms with Crippen molar-refractivity contribution in [2.24, 2.45) is 0 Å². The average molecular weight is 177 g/mol. The third-order valence-electron chi connectivity index (χ3n) is 1.22. The Morgan fingerprint density at radius 3 is 2.67 bits per heavy atom. The molecule has 0 aromatic rings. The van der Waals surface area contributed by atoms with Crippen molar-refractivity contribution in [3.8, 4) is 11.8 Å². The fourth-order valence-corrected chi connectivity index (χ4v) is 0.603. The smallest absolute Gasteiger partial charge is 0.282 e. The topological polar surface area (TPSA) is 32.3 Å². The Morgan fingerprint density at radius 2 is 2.17 bits per heavy atom. The highest BCUT2D eigenvalue weighted by molar-refractivity contribution is 4.95. The van der Waals surface area contributed by atoms with Crippen molar-refractivity contribution >= 4 is 0 Å². The fourth-order valence-electron chi connectivity index (χ4n) is 0.603. The van der Waals surface area contributed by atoms with Gasteiger partial charge in [0.2, 0.25) is 0 Å². The molecule has 70 valence electrons. The summed E-state index contributed by atoms with van der Waals surface area (Å²) in [5, 5.41) is 10.7. The first-order valence-electron chi connectivity index (χ1n) is 3.71. The summed E-state index contributed by atoms with van der Waals surface area (Å²) in [6.45, 7) is 0.521. The molecule has 2 N–H and O–H groups in total. The van der Waals surface area contributed by atoms with Crippen LogP contribution in [0.5, 0.6) is 0 Å². The third-order valence-corrected chi connectivity index (χ3v) is 1.22. The van der Waals surface area contributed by atoms with Crippen molar-refractivity contribution in [3.63, 3.8) is 0 Å². The molecule has 0 rings (SSSR count). The van der Waals surface area contributed by atoms with E-state index in [-0.39, 0.29) is 0 Å². The first kappa shape index (κ1) is 11.3. The molecule has 12 heavy (non-hydrogen) atoms. The number of nitrogens with one attached hydrogen (secondary N) is 1. The lowest BCUT2D eigenvalue weighted by Crippen LogP contribution is -2.36. The van der Waals surface area contributed by atoms with Crippen LogP contribution in [-0.4, -0.2) is 30.7 Å². The van der Waals surface area contributed by atoms with E-state index in [1.807, 2.05) is 0 Å². The number of hydrogen-bond acceptors (Lipinski definition) is 2. The van der Waals surface area contributed by atoms with Crippen LogP contribution >= 0.6 is 0 Å². The molecule has 0 amide bonds. The zero-order valence-corrected chi connectivity index (χ0v) is 7.03. The fraction of sp³-hybridized carbons (Fsp3) is 0.750. The van der Waals surface area contributed by atoms with E-state index < -0.39 is 19.1 Å². The summed E-state index contributed by atoms with van der Waals surface area (Å²) in [5.74, 6) is 2.37. The molecule has 0 bridgehead atoms. The Labute approximate surface area is 71.0 Å². The maximum Gasteiger partial charge on any atom is 0.282 e. The van der Waals surface area contributed by atoms with Gasteiger partial charge in [0.25, 0.3) is 5.92 Å². The summed E-state index contributed by atoms with van der Waals surface area (Å²) in [5.41, 5.74) is 0. The lowest BCUT2D eigenvalue weighted by atomic mass is 10.3. The lowest BCUT2D eigenvalue weighted by Gasteiger charge is -2.12. The molecule has 0 aromatic heterocycles. The largest absolute Gasteiger partial charge is 0.390 e. The van der Waals surface area contributed by atoms with Crippen LogP contribution in [0.2, 0.25) is 0 Å². The molecule has 0 atom stereocenters. The summed E-state index contributed by atoms with van der Waals surface area (Å²) in [7, 11) is 0. The van der Waals surface area contributed by atoms with Crippen molar-refractivity contribution in [2.45, 2.75) is 19.3 Å². The van der Waals surface area contributed by atoms with Gasteiger partial charge in [-0.15, -0.1) is 11.8 Å². The van der Waals surface area contributed by atoms with E-state index in [0.29, 0.717) is 13.0 Å². The number of aliphatic hydroxyl groups excluding tert-OH is 1. The highest BCUT2D eigenvalue weighted by atomic mass is 19.3. The second kappa shape index (κ2) is 5.92. The van der Waals surface area contributed by atoms with E-state index in [9.17, 15) is 8.78 Å². The molecule has 0 unspecified atom stereocenters. The quantitative estimate of drug-likeness (QED) is 0.476. The van der Waals surface area contributed by atoms with Crippen molar-refractivity contribution < 1.29 is 13.9 Å². The number of rotatable bonds is 5. The van der Waals surface area contributed by atoms with Gasteiger partial charge in [-0.25, -0.2) is 8.78 Å². The zero-order chi connectivity index (χ0) is 9.45. The molecule has 0 heterocycles. The summed E-state index contributed by atoms with van der Waals surface area (Å²) in [6.07, 6.45) is 0.554. The van der Waals surface area contributed by atoms with Gasteiger partial charge in [-0.05, 0) is 6.92 Å². The van der Waals surface area contributed by atoms with E-state index in [0.717, 1.165) is 0 Å². The molecule has 0 fully saturated rings. The van der Waals surface area contributed by atoms with Gasteiger partial charge in [0.15, 0.2) is 0 Å². The van der Waals surface area contributed by atoms with Crippen molar-refractivity contribution in [3.05, 3.63) is 0 Å². The molecule has 0 aliphatic rings. The highest BCUT2D eigenvalue weighted by Crippen LogP contribution is 2.09. The maximum absolute atomic E-state index is 12.3. The SMILES string of the molecule is CC#CCCNCC(F)(F)CO. The van der Waals surface area contributed by atoms with Crippen molar-refractivity contribution in [1.29, 1.82) is 0 Å². The van der Waals surface area contributed by atoms with Crippen LogP contribution in [0.4, 0.5) is 8.78 Å². The predicted octanol–water partition coefficient (Wildman–Crippen LogP) is 0.617. The van der Waals surface area contributed by atoms with Crippen LogP contribution in [0.1, 0.15) is 13.3 Å². The van der Waals surface area contributed by atoms with Crippen LogP contribution in [0.25, 0.3) is 0 Å². The Balaban J connectivity index is 3.35. The molecule has 0 saturated carbocycles. The van der Waals surface area contributed by atoms with E-state index in [1.54, 1.807) is 6.92 Å². The van der Waals surface area contributed by atoms with Crippen LogP contribution in [0, 0.1) is 11.8 Å². The molecule has 0 spiro atoms. The minimum atomic E-state index is -3.01. The summed E-state index contributed by atoms with van der Waals surface area (Å²) < 4.78 is 24.6. The maximum atomic E-state index is 12.3. The number of alkyl halides is 2. The molecule has 0 aromatic carbocycles. The average Bonchev–Trinajstić information content (AvgIpc) is 2.04. The van der Waals surface area contributed by atoms with E-state index in [4.69, 9.17) is 5.11 Å². The highest BCUT2D eigenvalue weighted by Gasteiger charge is 2.26. The van der Waals surface area contributed by atoms with Crippen LogP contribution < -0.4 is 5.32 Å². The Bertz CT molecular complexity index is 172. The van der Waals surface area contributed by atoms with Gasteiger partial charge in [-0.2, -0.15) is 0 Å². The first-order valence-corrected chi connectivity index (χ1v) is 3.71. The number of aliphatic hydroxyl groups is 1. The Morgan fingerprint density at radius 1 is 1.50 bits per heavy atom. The molecular weight excluding hydrogens is 164 g/mol. The predicted molar refractivity (Wildman–Crippen MR) is 43.0 cm³/mol. The van der Waals surface area contributed by atoms with Gasteiger partial charge in [0, 0.05) is 13.0 Å². The Kier molecular flexibility index (Phi) is 5.60. The second-order valence-corrected chi connectivity index (χ2v) is 2.37. The van der Waals surface area contributed by atoms with Crippen molar-refractivity contribution in [1.82, 2.24) is 5.32 Å². The van der Waals surface area contributed by atoms with Crippen LogP contribution in [0.15, 0.2) is 0 Å². The summed E-state index contributed by atoms with van der Waals surface area (Å²) in [6, 6.07) is 0. The van der Waals surface area contributed by atoms with Gasteiger partial charge >= 0.3 is 0 Å². The van der Waals surface area contributed by atoms with Gasteiger partial charge in [0.05, 0.1) is 6.54 Å². The molecular formula is C8H13F2NO. The normalized spacial score (nSPS) is 10.7. The molecule has 0 aliphatic carbocycles. The van der Waals surface area contributed by atoms with E-state index >= 15 is 0 Å². The van der Waals surface area contributed by atoms with E-state index in [1.165, 1.54) is 0 Å². The molecule has 0 saturated heterocycles. The second-order valence-electron chi connectivity index (χ2n) is 2.37. The minimum Gasteiger partial charge on any atom is -0.390 e. The van der Waals surface area contributed by atoms with Crippen molar-refractivity contribution in [2.75, 3.05) is 19.7 Å². The molecule has 0 aliphatic heterocycles. The van der Waals surface area contributed by atoms with Crippen LogP contribution in [-0.2, 0) is 0 Å². The minimum absolute atomic E-state index is 0.427. The van der Waals surface area contributed by atoms with E-state index in [2.05, 4.69) is 17.2 Å². The van der Waals surface area contributed by atoms with Gasteiger partial charge in [0.1, 0.15) is 6.61 Å². The molecule has 4 heteroatoms. The summed E-state index contributed by atoms with van der Waals surface area (Å²) in [4.78, 5) is 0. The lowest BCUT2D eigenvalue weighted by molar-refractivity contribution is -0.0473. The molecule has 0 radical (unpaired) electrons. The number of halogens is 2. The number of hydrogen-bond donors (Lipinski definition) is 2. The van der Waals surface area contributed by atoms with Crippen LogP contribution in [0.3, 0.4) is 0 Å². The first-order chi connectivity index (χ1) is 5.62. The van der Waals surface area contributed by atoms with Gasteiger partial charge in [-0.3, -0.25) is 0 Å². The third kappa shape index (κ3) is 6.08.